The van der Waals surface area contributed by atoms with E-state index < -0.39 is 11.6 Å². The maximum atomic E-state index is 13.9. The van der Waals surface area contributed by atoms with Gasteiger partial charge in [-0.25, -0.2) is 14.0 Å². The Morgan fingerprint density at radius 1 is 1.00 bits per heavy atom. The van der Waals surface area contributed by atoms with Gasteiger partial charge >= 0.3 is 12.1 Å². The lowest BCUT2D eigenvalue weighted by molar-refractivity contribution is 0.0142. The van der Waals surface area contributed by atoms with Crippen molar-refractivity contribution in [3.8, 4) is 16.9 Å². The summed E-state index contributed by atoms with van der Waals surface area (Å²) in [6.45, 7) is 12.7. The third kappa shape index (κ3) is 7.58. The minimum atomic E-state index is -1.03. The number of hydrogen-bond donors (Lipinski definition) is 1. The number of carbonyl (C=O) groups is 2. The van der Waals surface area contributed by atoms with Crippen LogP contribution in [0.5, 0.6) is 5.75 Å². The first kappa shape index (κ1) is 36.7. The van der Waals surface area contributed by atoms with Crippen LogP contribution in [-0.2, 0) is 35.6 Å². The topological polar surface area (TPSA) is 111 Å². The molecule has 0 unspecified atom stereocenters. The van der Waals surface area contributed by atoms with Crippen LogP contribution in [0.2, 0.25) is 5.02 Å². The number of carbonyl (C=O) groups excluding carboxylic acids is 1. The van der Waals surface area contributed by atoms with E-state index in [1.807, 2.05) is 67.3 Å². The number of rotatable bonds is 10. The van der Waals surface area contributed by atoms with Gasteiger partial charge in [0, 0.05) is 61.2 Å². The fourth-order valence-corrected chi connectivity index (χ4v) is 7.81. The molecule has 0 saturated carbocycles. The molecule has 3 aromatic carbocycles. The molecule has 0 radical (unpaired) electrons. The van der Waals surface area contributed by atoms with E-state index in [-0.39, 0.29) is 17.6 Å². The minimum Gasteiger partial charge on any atom is -0.493 e. The highest BCUT2D eigenvalue weighted by Gasteiger charge is 2.31. The molecular weight excluding hydrogens is 701 g/mol. The van der Waals surface area contributed by atoms with Crippen molar-refractivity contribution < 1.29 is 33.3 Å². The molecule has 280 valence electrons. The molecule has 2 aliphatic rings. The lowest BCUT2D eigenvalue weighted by Gasteiger charge is -2.35. The zero-order chi connectivity index (χ0) is 37.4. The van der Waals surface area contributed by atoms with Crippen LogP contribution in [0.1, 0.15) is 54.6 Å². The number of halogens is 2. The van der Waals surface area contributed by atoms with E-state index in [1.165, 1.54) is 12.1 Å². The van der Waals surface area contributed by atoms with Crippen LogP contribution in [0.4, 0.5) is 9.18 Å². The first-order valence-electron chi connectivity index (χ1n) is 18.1. The fraction of sp³-hybridized carbons (Fsp3) is 0.425. The van der Waals surface area contributed by atoms with E-state index in [1.54, 1.807) is 11.0 Å². The smallest absolute Gasteiger partial charge is 0.410 e. The Balaban J connectivity index is 1.21. The number of benzene rings is 3. The van der Waals surface area contributed by atoms with E-state index >= 15 is 0 Å². The van der Waals surface area contributed by atoms with E-state index in [4.69, 9.17) is 30.9 Å². The van der Waals surface area contributed by atoms with E-state index in [9.17, 15) is 19.1 Å². The van der Waals surface area contributed by atoms with Gasteiger partial charge in [-0.1, -0.05) is 29.8 Å². The average molecular weight is 746 g/mol. The van der Waals surface area contributed by atoms with Crippen LogP contribution in [0.15, 0.2) is 48.5 Å². The number of fused-ring (bicyclic) bond motifs is 3. The summed E-state index contributed by atoms with van der Waals surface area (Å²) in [6.07, 6.45) is 0.652. The van der Waals surface area contributed by atoms with Gasteiger partial charge in [0.05, 0.1) is 48.3 Å². The first-order valence-corrected chi connectivity index (χ1v) is 18.5. The third-order valence-corrected chi connectivity index (χ3v) is 10.3. The van der Waals surface area contributed by atoms with Gasteiger partial charge in [-0.15, -0.1) is 0 Å². The molecule has 2 aliphatic heterocycles. The molecule has 5 aromatic rings. The lowest BCUT2D eigenvalue weighted by atomic mass is 9.98. The molecule has 7 rings (SSSR count). The van der Waals surface area contributed by atoms with Crippen LogP contribution in [0.3, 0.4) is 0 Å². The highest BCUT2D eigenvalue weighted by atomic mass is 35.5. The number of nitrogens with zero attached hydrogens (tertiary/aromatic N) is 5. The van der Waals surface area contributed by atoms with Gasteiger partial charge in [-0.3, -0.25) is 9.58 Å². The quantitative estimate of drug-likeness (QED) is 0.146. The molecule has 1 saturated heterocycles. The second kappa shape index (κ2) is 15.0. The number of hydrogen-bond acceptors (Lipinski definition) is 7. The molecule has 11 nitrogen and oxygen atoms in total. The maximum Gasteiger partial charge on any atom is 0.410 e. The van der Waals surface area contributed by atoms with Crippen molar-refractivity contribution in [3.05, 3.63) is 82.0 Å². The van der Waals surface area contributed by atoms with Gasteiger partial charge < -0.3 is 28.8 Å². The van der Waals surface area contributed by atoms with Gasteiger partial charge in [0.2, 0.25) is 0 Å². The summed E-state index contributed by atoms with van der Waals surface area (Å²) in [6, 6.07) is 13.9. The van der Waals surface area contributed by atoms with Crippen molar-refractivity contribution in [1.82, 2.24) is 24.1 Å². The third-order valence-electron chi connectivity index (χ3n) is 9.94. The number of aryl methyl sites for hydroxylation is 2. The molecule has 0 spiro atoms. The van der Waals surface area contributed by atoms with Crippen LogP contribution < -0.4 is 4.74 Å². The summed E-state index contributed by atoms with van der Waals surface area (Å²) in [5, 5.41) is 18.6. The van der Waals surface area contributed by atoms with Crippen molar-refractivity contribution in [2.45, 2.75) is 65.8 Å². The van der Waals surface area contributed by atoms with E-state index in [0.29, 0.717) is 94.8 Å². The second-order valence-electron chi connectivity index (χ2n) is 14.7. The van der Waals surface area contributed by atoms with Gasteiger partial charge in [-0.05, 0) is 81.8 Å². The van der Waals surface area contributed by atoms with Gasteiger partial charge in [0.25, 0.3) is 0 Å². The molecule has 2 aromatic heterocycles. The van der Waals surface area contributed by atoms with Crippen LogP contribution in [-0.4, -0.2) is 92.9 Å². The van der Waals surface area contributed by atoms with E-state index in [2.05, 4.69) is 4.90 Å². The Bertz CT molecular complexity index is 2180. The van der Waals surface area contributed by atoms with E-state index in [0.717, 1.165) is 44.2 Å². The lowest BCUT2D eigenvalue weighted by Crippen LogP contribution is -2.50. The van der Waals surface area contributed by atoms with Gasteiger partial charge in [0.1, 0.15) is 22.9 Å². The van der Waals surface area contributed by atoms with Crippen molar-refractivity contribution in [3.63, 3.8) is 0 Å². The number of ether oxygens (including phenoxy) is 3. The van der Waals surface area contributed by atoms with Crippen LogP contribution in [0.25, 0.3) is 32.8 Å². The Morgan fingerprint density at radius 2 is 1.77 bits per heavy atom. The Morgan fingerprint density at radius 3 is 2.53 bits per heavy atom. The zero-order valence-electron chi connectivity index (χ0n) is 30.6. The largest absolute Gasteiger partial charge is 0.493 e. The number of carboxylic acids is 1. The SMILES string of the molecule is Cc1nn2c(c1-c1c(Cl)ccc3c(CCCOc4cccc5cc(F)ccc45)c(C(=O)O)n(CCN4CCN(C(=O)OC(C)(C)C)CC4)c13)COCC2. The Kier molecular flexibility index (Phi) is 10.4. The zero-order valence-corrected chi connectivity index (χ0v) is 31.3. The fourth-order valence-electron chi connectivity index (χ4n) is 7.56. The first-order chi connectivity index (χ1) is 25.4. The molecule has 0 atom stereocenters. The summed E-state index contributed by atoms with van der Waals surface area (Å²) in [5.41, 5.74) is 4.42. The molecule has 4 heterocycles. The summed E-state index contributed by atoms with van der Waals surface area (Å²) >= 11 is 7.07. The number of amides is 1. The molecule has 1 fully saturated rings. The van der Waals surface area contributed by atoms with Crippen LogP contribution >= 0.6 is 11.6 Å². The molecular formula is C40H45ClFN5O6. The monoisotopic (exact) mass is 745 g/mol. The van der Waals surface area contributed by atoms with Crippen molar-refractivity contribution in [1.29, 1.82) is 0 Å². The summed E-state index contributed by atoms with van der Waals surface area (Å²) in [5.74, 6) is -0.691. The molecule has 0 aliphatic carbocycles. The molecule has 0 bridgehead atoms. The summed E-state index contributed by atoms with van der Waals surface area (Å²) in [7, 11) is 0. The molecule has 53 heavy (non-hydrogen) atoms. The predicted octanol–water partition coefficient (Wildman–Crippen LogP) is 7.55. The predicted molar refractivity (Wildman–Crippen MR) is 201 cm³/mol. The average Bonchev–Trinajstić information content (AvgIpc) is 3.62. The van der Waals surface area contributed by atoms with Crippen molar-refractivity contribution in [2.24, 2.45) is 0 Å². The summed E-state index contributed by atoms with van der Waals surface area (Å²) < 4.78 is 35.4. The van der Waals surface area contributed by atoms with Gasteiger partial charge in [0.15, 0.2) is 0 Å². The number of piperazine rings is 1. The normalized spacial score (nSPS) is 15.2. The molecule has 1 amide bonds. The van der Waals surface area contributed by atoms with Gasteiger partial charge in [-0.2, -0.15) is 5.10 Å². The standard InChI is InChI=1S/C40H45ClFN5O6/c1-25-34(32-24-51-22-20-47(32)43-25)35-31(41)13-12-30-29(8-6-21-52-33-9-5-7-26-23-27(42)10-11-28(26)33)37(38(48)49)46(36(30)35)19-16-44-14-17-45(18-15-44)39(50)53-40(2,3)4/h5,7,9-13,23H,6,8,14-22,24H2,1-4H3,(H,48,49). The Labute approximate surface area is 312 Å². The highest BCUT2D eigenvalue weighted by Crippen LogP contribution is 2.43. The molecule has 1 N–H and O–H groups in total. The minimum absolute atomic E-state index is 0.214. The summed E-state index contributed by atoms with van der Waals surface area (Å²) in [4.78, 5) is 29.9. The highest BCUT2D eigenvalue weighted by molar-refractivity contribution is 6.35. The molecule has 13 heteroatoms. The van der Waals surface area contributed by atoms with Crippen molar-refractivity contribution >= 4 is 45.3 Å². The maximum absolute atomic E-state index is 13.9. The number of carboxylic acid groups (broad SMARTS) is 1. The number of aromatic carboxylic acids is 1. The number of aromatic nitrogens is 3. The van der Waals surface area contributed by atoms with Crippen LogP contribution in [0, 0.1) is 12.7 Å². The van der Waals surface area contributed by atoms with Crippen molar-refractivity contribution in [2.75, 3.05) is 45.9 Å². The Hall–Kier alpha value is -4.65. The second-order valence-corrected chi connectivity index (χ2v) is 15.1.